The van der Waals surface area contributed by atoms with Gasteiger partial charge in [-0.05, 0) is 49.7 Å². The second-order valence-electron chi connectivity index (χ2n) is 6.43. The number of hydrogen-bond acceptors (Lipinski definition) is 4. The Kier molecular flexibility index (Phi) is 6.21. The Morgan fingerprint density at radius 2 is 2.00 bits per heavy atom. The van der Waals surface area contributed by atoms with Crippen LogP contribution in [0.25, 0.3) is 0 Å². The highest BCUT2D eigenvalue weighted by atomic mass is 35.5. The molecule has 28 heavy (non-hydrogen) atoms. The quantitative estimate of drug-likeness (QED) is 0.611. The van der Waals surface area contributed by atoms with E-state index in [1.807, 2.05) is 42.7 Å². The normalized spacial score (nSPS) is 10.7. The number of carbonyl (C=O) groups is 2. The summed E-state index contributed by atoms with van der Waals surface area (Å²) in [5.74, 6) is -0.114. The molecule has 3 rings (SSSR count). The molecule has 0 aliphatic carbocycles. The molecule has 7 heteroatoms. The Morgan fingerprint density at radius 3 is 2.71 bits per heavy atom. The summed E-state index contributed by atoms with van der Waals surface area (Å²) in [6.45, 7) is 4.24. The molecule has 1 aromatic carbocycles. The molecule has 0 atom stereocenters. The Hall–Kier alpha value is -2.99. The summed E-state index contributed by atoms with van der Waals surface area (Å²) in [4.78, 5) is 24.4. The first-order chi connectivity index (χ1) is 13.4. The molecule has 0 saturated carbocycles. The summed E-state index contributed by atoms with van der Waals surface area (Å²) in [5.41, 5.74) is 2.98. The third kappa shape index (κ3) is 4.84. The molecule has 1 amide bonds. The van der Waals surface area contributed by atoms with E-state index < -0.39 is 5.97 Å². The van der Waals surface area contributed by atoms with E-state index in [1.54, 1.807) is 24.5 Å². The van der Waals surface area contributed by atoms with Crippen molar-refractivity contribution in [2.24, 2.45) is 0 Å². The summed E-state index contributed by atoms with van der Waals surface area (Å²) >= 11 is 5.91. The van der Waals surface area contributed by atoms with Gasteiger partial charge in [0, 0.05) is 23.0 Å². The molecule has 146 valence electrons. The van der Waals surface area contributed by atoms with E-state index in [1.165, 1.54) is 0 Å². The highest BCUT2D eigenvalue weighted by Gasteiger charge is 2.18. The average Bonchev–Trinajstić information content (AvgIpc) is 3.28. The van der Waals surface area contributed by atoms with Crippen molar-refractivity contribution in [2.45, 2.75) is 26.9 Å². The number of rotatable bonds is 7. The van der Waals surface area contributed by atoms with Gasteiger partial charge < -0.3 is 19.0 Å². The van der Waals surface area contributed by atoms with E-state index in [0.717, 1.165) is 22.7 Å². The molecule has 0 unspecified atom stereocenters. The predicted octanol–water partition coefficient (Wildman–Crippen LogP) is 3.87. The van der Waals surface area contributed by atoms with E-state index in [2.05, 4.69) is 5.32 Å². The minimum Gasteiger partial charge on any atom is -0.467 e. The fourth-order valence-electron chi connectivity index (χ4n) is 2.92. The Bertz CT molecular complexity index is 976. The number of benzene rings is 1. The maximum Gasteiger partial charge on any atom is 0.340 e. The maximum absolute atomic E-state index is 12.4. The number of furan rings is 1. The van der Waals surface area contributed by atoms with E-state index in [4.69, 9.17) is 20.8 Å². The number of hydrogen-bond donors (Lipinski definition) is 1. The van der Waals surface area contributed by atoms with Gasteiger partial charge in [-0.25, -0.2) is 4.79 Å². The standard InChI is InChI=1S/C21H21ClN2O4/c1-14-9-19(15(2)24(14)12-18-7-4-8-27-18)21(26)28-13-20(25)23-11-16-5-3-6-17(22)10-16/h3-10H,11-13H2,1-2H3,(H,23,25). The lowest BCUT2D eigenvalue weighted by Crippen LogP contribution is -2.28. The first-order valence-electron chi connectivity index (χ1n) is 8.81. The van der Waals surface area contributed by atoms with Crippen molar-refractivity contribution in [1.29, 1.82) is 0 Å². The molecule has 2 heterocycles. The predicted molar refractivity (Wildman–Crippen MR) is 105 cm³/mol. The molecule has 6 nitrogen and oxygen atoms in total. The highest BCUT2D eigenvalue weighted by molar-refractivity contribution is 6.30. The fraction of sp³-hybridized carbons (Fsp3) is 0.238. The Morgan fingerprint density at radius 1 is 1.18 bits per heavy atom. The monoisotopic (exact) mass is 400 g/mol. The molecule has 1 N–H and O–H groups in total. The van der Waals surface area contributed by atoms with Gasteiger partial charge in [0.2, 0.25) is 0 Å². The lowest BCUT2D eigenvalue weighted by atomic mass is 10.2. The molecule has 0 fully saturated rings. The molecule has 0 bridgehead atoms. The van der Waals surface area contributed by atoms with E-state index in [-0.39, 0.29) is 12.5 Å². The van der Waals surface area contributed by atoms with Crippen molar-refractivity contribution >= 4 is 23.5 Å². The van der Waals surface area contributed by atoms with Crippen molar-refractivity contribution in [1.82, 2.24) is 9.88 Å². The summed E-state index contributed by atoms with van der Waals surface area (Å²) < 4.78 is 12.5. The van der Waals surface area contributed by atoms with Crippen molar-refractivity contribution < 1.29 is 18.7 Å². The number of amides is 1. The van der Waals surface area contributed by atoms with Gasteiger partial charge in [-0.1, -0.05) is 23.7 Å². The third-order valence-electron chi connectivity index (χ3n) is 4.40. The highest BCUT2D eigenvalue weighted by Crippen LogP contribution is 2.18. The molecule has 0 radical (unpaired) electrons. The second-order valence-corrected chi connectivity index (χ2v) is 6.87. The number of halogens is 1. The topological polar surface area (TPSA) is 73.5 Å². The van der Waals surface area contributed by atoms with Crippen LogP contribution in [0, 0.1) is 13.8 Å². The van der Waals surface area contributed by atoms with Crippen molar-refractivity contribution in [2.75, 3.05) is 6.61 Å². The minimum absolute atomic E-state index is 0.314. The number of aromatic nitrogens is 1. The van der Waals surface area contributed by atoms with Crippen LogP contribution in [0.4, 0.5) is 0 Å². The number of nitrogens with one attached hydrogen (secondary N) is 1. The van der Waals surface area contributed by atoms with E-state index in [0.29, 0.717) is 23.7 Å². The first kappa shape index (κ1) is 19.8. The summed E-state index contributed by atoms with van der Waals surface area (Å²) in [5, 5.41) is 3.30. The van der Waals surface area contributed by atoms with Gasteiger partial charge in [0.05, 0.1) is 18.4 Å². The van der Waals surface area contributed by atoms with Crippen molar-refractivity contribution in [3.8, 4) is 0 Å². The van der Waals surface area contributed by atoms with Crippen LogP contribution in [0.1, 0.15) is 33.1 Å². The van der Waals surface area contributed by atoms with Crippen molar-refractivity contribution in [3.05, 3.63) is 82.0 Å². The second kappa shape index (κ2) is 8.80. The van der Waals surface area contributed by atoms with Gasteiger partial charge in [0.25, 0.3) is 5.91 Å². The zero-order valence-electron chi connectivity index (χ0n) is 15.7. The zero-order valence-corrected chi connectivity index (χ0v) is 16.5. The SMILES string of the molecule is Cc1cc(C(=O)OCC(=O)NCc2cccc(Cl)c2)c(C)n1Cc1ccco1. The van der Waals surface area contributed by atoms with Crippen LogP contribution in [0.3, 0.4) is 0 Å². The van der Waals surface area contributed by atoms with Gasteiger partial charge in [0.15, 0.2) is 6.61 Å². The number of nitrogens with zero attached hydrogens (tertiary/aromatic N) is 1. The number of aryl methyl sites for hydroxylation is 1. The van der Waals surface area contributed by atoms with Crippen LogP contribution in [0.2, 0.25) is 5.02 Å². The third-order valence-corrected chi connectivity index (χ3v) is 4.64. The molecule has 3 aromatic rings. The smallest absolute Gasteiger partial charge is 0.340 e. The fourth-order valence-corrected chi connectivity index (χ4v) is 3.13. The van der Waals surface area contributed by atoms with Crippen LogP contribution in [-0.2, 0) is 22.6 Å². The largest absolute Gasteiger partial charge is 0.467 e. The van der Waals surface area contributed by atoms with E-state index >= 15 is 0 Å². The molecular formula is C21H21ClN2O4. The van der Waals surface area contributed by atoms with Gasteiger partial charge in [-0.15, -0.1) is 0 Å². The molecule has 0 aliphatic heterocycles. The van der Waals surface area contributed by atoms with Crippen LogP contribution in [-0.4, -0.2) is 23.1 Å². The number of carbonyl (C=O) groups excluding carboxylic acids is 2. The van der Waals surface area contributed by atoms with Gasteiger partial charge in [-0.2, -0.15) is 0 Å². The zero-order chi connectivity index (χ0) is 20.1. The lowest BCUT2D eigenvalue weighted by molar-refractivity contribution is -0.124. The first-order valence-corrected chi connectivity index (χ1v) is 9.19. The Labute approximate surface area is 168 Å². The van der Waals surface area contributed by atoms with Crippen LogP contribution in [0.5, 0.6) is 0 Å². The van der Waals surface area contributed by atoms with E-state index in [9.17, 15) is 9.59 Å². The molecule has 2 aromatic heterocycles. The number of esters is 1. The van der Waals surface area contributed by atoms with Gasteiger partial charge in [-0.3, -0.25) is 4.79 Å². The summed E-state index contributed by atoms with van der Waals surface area (Å²) in [6, 6.07) is 12.6. The molecular weight excluding hydrogens is 380 g/mol. The van der Waals surface area contributed by atoms with Crippen LogP contribution < -0.4 is 5.32 Å². The van der Waals surface area contributed by atoms with Gasteiger partial charge in [0.1, 0.15) is 5.76 Å². The molecule has 0 spiro atoms. The molecule has 0 saturated heterocycles. The van der Waals surface area contributed by atoms with Gasteiger partial charge >= 0.3 is 5.97 Å². The lowest BCUT2D eigenvalue weighted by Gasteiger charge is -2.09. The van der Waals surface area contributed by atoms with Crippen LogP contribution in [0.15, 0.2) is 53.1 Å². The average molecular weight is 401 g/mol. The van der Waals surface area contributed by atoms with Crippen molar-refractivity contribution in [3.63, 3.8) is 0 Å². The number of ether oxygens (including phenoxy) is 1. The summed E-state index contributed by atoms with van der Waals surface area (Å²) in [7, 11) is 0. The minimum atomic E-state index is -0.531. The summed E-state index contributed by atoms with van der Waals surface area (Å²) in [6.07, 6.45) is 1.61. The molecule has 0 aliphatic rings. The van der Waals surface area contributed by atoms with Crippen LogP contribution >= 0.6 is 11.6 Å². The maximum atomic E-state index is 12.4. The Balaban J connectivity index is 1.55.